The van der Waals surface area contributed by atoms with Gasteiger partial charge in [-0.15, -0.1) is 0 Å². The van der Waals surface area contributed by atoms with E-state index in [1.807, 2.05) is 12.1 Å². The van der Waals surface area contributed by atoms with Crippen molar-refractivity contribution in [3.05, 3.63) is 29.8 Å². The van der Waals surface area contributed by atoms with Crippen LogP contribution in [0.5, 0.6) is 5.75 Å². The molecular formula is C14H20O3. The SMILES string of the molecule is COCCCCCCOc1ccc(C=O)cc1. The number of unbranched alkanes of at least 4 members (excludes halogenated alkanes) is 3. The molecule has 1 aromatic carbocycles. The van der Waals surface area contributed by atoms with E-state index in [4.69, 9.17) is 9.47 Å². The number of carbonyl (C=O) groups excluding carboxylic acids is 1. The van der Waals surface area contributed by atoms with Gasteiger partial charge in [0.1, 0.15) is 12.0 Å². The molecule has 3 nitrogen and oxygen atoms in total. The summed E-state index contributed by atoms with van der Waals surface area (Å²) in [7, 11) is 1.73. The minimum atomic E-state index is 0.678. The molecule has 0 spiro atoms. The second-order valence-electron chi connectivity index (χ2n) is 3.94. The molecule has 0 bridgehead atoms. The molecule has 0 fully saturated rings. The van der Waals surface area contributed by atoms with Crippen LogP contribution in [0.1, 0.15) is 36.0 Å². The molecule has 0 heterocycles. The third kappa shape index (κ3) is 6.07. The molecule has 0 N–H and O–H groups in total. The maximum absolute atomic E-state index is 10.5. The maximum atomic E-state index is 10.5. The topological polar surface area (TPSA) is 35.5 Å². The zero-order chi connectivity index (χ0) is 12.3. The van der Waals surface area contributed by atoms with Gasteiger partial charge in [0.2, 0.25) is 0 Å². The number of methoxy groups -OCH3 is 1. The van der Waals surface area contributed by atoms with Crippen LogP contribution < -0.4 is 4.74 Å². The summed E-state index contributed by atoms with van der Waals surface area (Å²) in [6.45, 7) is 1.57. The first-order valence-electron chi connectivity index (χ1n) is 6.04. The highest BCUT2D eigenvalue weighted by atomic mass is 16.5. The van der Waals surface area contributed by atoms with Crippen LogP contribution in [0.2, 0.25) is 0 Å². The van der Waals surface area contributed by atoms with Gasteiger partial charge in [0.15, 0.2) is 0 Å². The Hall–Kier alpha value is -1.35. The van der Waals surface area contributed by atoms with Crippen LogP contribution in [0, 0.1) is 0 Å². The van der Waals surface area contributed by atoms with Gasteiger partial charge in [-0.2, -0.15) is 0 Å². The van der Waals surface area contributed by atoms with Crippen LogP contribution in [0.15, 0.2) is 24.3 Å². The lowest BCUT2D eigenvalue weighted by Crippen LogP contribution is -1.98. The number of aldehydes is 1. The smallest absolute Gasteiger partial charge is 0.150 e. The first-order chi connectivity index (χ1) is 8.36. The second-order valence-corrected chi connectivity index (χ2v) is 3.94. The van der Waals surface area contributed by atoms with Crippen molar-refractivity contribution < 1.29 is 14.3 Å². The van der Waals surface area contributed by atoms with Gasteiger partial charge in [0.25, 0.3) is 0 Å². The van der Waals surface area contributed by atoms with Crippen molar-refractivity contribution >= 4 is 6.29 Å². The average molecular weight is 236 g/mol. The molecule has 0 aromatic heterocycles. The van der Waals surface area contributed by atoms with E-state index in [1.165, 1.54) is 6.42 Å². The molecule has 0 saturated carbocycles. The summed E-state index contributed by atoms with van der Waals surface area (Å²) in [5.41, 5.74) is 0.678. The summed E-state index contributed by atoms with van der Waals surface area (Å²) in [5, 5.41) is 0. The third-order valence-electron chi connectivity index (χ3n) is 2.53. The number of hydrogen-bond acceptors (Lipinski definition) is 3. The minimum absolute atomic E-state index is 0.678. The molecule has 0 atom stereocenters. The number of ether oxygens (including phenoxy) is 2. The monoisotopic (exact) mass is 236 g/mol. The van der Waals surface area contributed by atoms with Crippen molar-refractivity contribution in [1.29, 1.82) is 0 Å². The van der Waals surface area contributed by atoms with E-state index in [0.717, 1.165) is 44.5 Å². The molecule has 0 aliphatic heterocycles. The van der Waals surface area contributed by atoms with Gasteiger partial charge >= 0.3 is 0 Å². The van der Waals surface area contributed by atoms with Crippen LogP contribution in [-0.4, -0.2) is 26.6 Å². The molecule has 1 aromatic rings. The fraction of sp³-hybridized carbons (Fsp3) is 0.500. The fourth-order valence-electron chi connectivity index (χ4n) is 1.53. The molecule has 1 rings (SSSR count). The lowest BCUT2D eigenvalue weighted by atomic mass is 10.2. The van der Waals surface area contributed by atoms with Crippen molar-refractivity contribution in [2.45, 2.75) is 25.7 Å². The van der Waals surface area contributed by atoms with Gasteiger partial charge < -0.3 is 9.47 Å². The standard InChI is InChI=1S/C14H20O3/c1-16-10-4-2-3-5-11-17-14-8-6-13(12-15)7-9-14/h6-9,12H,2-5,10-11H2,1H3. The van der Waals surface area contributed by atoms with Crippen LogP contribution in [0.4, 0.5) is 0 Å². The first kappa shape index (κ1) is 13.7. The maximum Gasteiger partial charge on any atom is 0.150 e. The zero-order valence-corrected chi connectivity index (χ0v) is 10.4. The Kier molecular flexibility index (Phi) is 7.07. The van der Waals surface area contributed by atoms with Crippen molar-refractivity contribution in [3.8, 4) is 5.75 Å². The highest BCUT2D eigenvalue weighted by Crippen LogP contribution is 2.12. The summed E-state index contributed by atoms with van der Waals surface area (Å²) < 4.78 is 10.5. The van der Waals surface area contributed by atoms with Gasteiger partial charge in [-0.1, -0.05) is 6.42 Å². The summed E-state index contributed by atoms with van der Waals surface area (Å²) in [6, 6.07) is 7.19. The van der Waals surface area contributed by atoms with Gasteiger partial charge in [-0.25, -0.2) is 0 Å². The number of hydrogen-bond donors (Lipinski definition) is 0. The number of rotatable bonds is 9. The molecule has 3 heteroatoms. The van der Waals surface area contributed by atoms with Crippen molar-refractivity contribution in [2.24, 2.45) is 0 Å². The molecule has 0 radical (unpaired) electrons. The normalized spacial score (nSPS) is 10.2. The lowest BCUT2D eigenvalue weighted by molar-refractivity contribution is 0.112. The molecular weight excluding hydrogens is 216 g/mol. The molecule has 0 aliphatic carbocycles. The van der Waals surface area contributed by atoms with E-state index in [9.17, 15) is 4.79 Å². The predicted molar refractivity (Wildman–Crippen MR) is 67.7 cm³/mol. The van der Waals surface area contributed by atoms with Gasteiger partial charge in [0, 0.05) is 19.3 Å². The Balaban J connectivity index is 2.07. The number of benzene rings is 1. The molecule has 17 heavy (non-hydrogen) atoms. The Morgan fingerprint density at radius 2 is 1.65 bits per heavy atom. The van der Waals surface area contributed by atoms with Gasteiger partial charge in [0.05, 0.1) is 6.61 Å². The van der Waals surface area contributed by atoms with E-state index in [2.05, 4.69) is 0 Å². The van der Waals surface area contributed by atoms with Gasteiger partial charge in [-0.3, -0.25) is 4.79 Å². The van der Waals surface area contributed by atoms with Crippen molar-refractivity contribution in [1.82, 2.24) is 0 Å². The van der Waals surface area contributed by atoms with E-state index in [0.29, 0.717) is 5.56 Å². The van der Waals surface area contributed by atoms with Crippen molar-refractivity contribution in [2.75, 3.05) is 20.3 Å². The van der Waals surface area contributed by atoms with E-state index >= 15 is 0 Å². The highest BCUT2D eigenvalue weighted by molar-refractivity contribution is 5.74. The third-order valence-corrected chi connectivity index (χ3v) is 2.53. The van der Waals surface area contributed by atoms with Crippen LogP contribution in [0.25, 0.3) is 0 Å². The van der Waals surface area contributed by atoms with Crippen LogP contribution in [-0.2, 0) is 4.74 Å². The Bertz CT molecular complexity index is 306. The van der Waals surface area contributed by atoms with Crippen LogP contribution >= 0.6 is 0 Å². The van der Waals surface area contributed by atoms with Crippen molar-refractivity contribution in [3.63, 3.8) is 0 Å². The first-order valence-corrected chi connectivity index (χ1v) is 6.04. The fourth-order valence-corrected chi connectivity index (χ4v) is 1.53. The van der Waals surface area contributed by atoms with Crippen LogP contribution in [0.3, 0.4) is 0 Å². The number of carbonyl (C=O) groups is 1. The molecule has 0 unspecified atom stereocenters. The Morgan fingerprint density at radius 1 is 1.00 bits per heavy atom. The minimum Gasteiger partial charge on any atom is -0.494 e. The summed E-state index contributed by atoms with van der Waals surface area (Å²) in [5.74, 6) is 0.826. The molecule has 94 valence electrons. The molecule has 0 amide bonds. The predicted octanol–water partition coefficient (Wildman–Crippen LogP) is 3.08. The van der Waals surface area contributed by atoms with E-state index in [-0.39, 0.29) is 0 Å². The summed E-state index contributed by atoms with van der Waals surface area (Å²) in [4.78, 5) is 10.5. The summed E-state index contributed by atoms with van der Waals surface area (Å²) in [6.07, 6.45) is 5.35. The van der Waals surface area contributed by atoms with Gasteiger partial charge in [-0.05, 0) is 43.5 Å². The molecule has 0 saturated heterocycles. The summed E-state index contributed by atoms with van der Waals surface area (Å²) >= 11 is 0. The largest absolute Gasteiger partial charge is 0.494 e. The quantitative estimate of drug-likeness (QED) is 0.488. The second kappa shape index (κ2) is 8.76. The average Bonchev–Trinajstić information content (AvgIpc) is 2.38. The lowest BCUT2D eigenvalue weighted by Gasteiger charge is -2.06. The van der Waals surface area contributed by atoms with E-state index < -0.39 is 0 Å². The van der Waals surface area contributed by atoms with E-state index in [1.54, 1.807) is 19.2 Å². The Morgan fingerprint density at radius 3 is 2.24 bits per heavy atom. The molecule has 0 aliphatic rings. The zero-order valence-electron chi connectivity index (χ0n) is 10.4. The highest BCUT2D eigenvalue weighted by Gasteiger charge is 1.95. The Labute approximate surface area is 103 Å².